The van der Waals surface area contributed by atoms with E-state index in [-0.39, 0.29) is 11.9 Å². The third-order valence-corrected chi connectivity index (χ3v) is 3.25. The smallest absolute Gasteiger partial charge is 0.319 e. The average Bonchev–Trinajstić information content (AvgIpc) is 2.00. The molecule has 1 aliphatic rings. The standard InChI is InChI=1S/C11H19NO3/c1-4-12(8(2)3)9(13)11(10(14)15)6-5-7-11/h8H,4-7H2,1-3H3,(H,14,15). The summed E-state index contributed by atoms with van der Waals surface area (Å²) in [7, 11) is 0. The fraction of sp³-hybridized carbons (Fsp3) is 0.818. The summed E-state index contributed by atoms with van der Waals surface area (Å²) >= 11 is 0. The maximum absolute atomic E-state index is 12.1. The zero-order valence-electron chi connectivity index (χ0n) is 9.62. The van der Waals surface area contributed by atoms with Crippen molar-refractivity contribution >= 4 is 11.9 Å². The lowest BCUT2D eigenvalue weighted by molar-refractivity contribution is -0.168. The van der Waals surface area contributed by atoms with Gasteiger partial charge in [-0.05, 0) is 33.6 Å². The van der Waals surface area contributed by atoms with Crippen molar-refractivity contribution in [2.24, 2.45) is 5.41 Å². The predicted molar refractivity (Wildman–Crippen MR) is 56.4 cm³/mol. The van der Waals surface area contributed by atoms with Crippen LogP contribution in [0.3, 0.4) is 0 Å². The van der Waals surface area contributed by atoms with E-state index in [4.69, 9.17) is 5.11 Å². The molecule has 1 fully saturated rings. The molecule has 0 unspecified atom stereocenters. The first-order chi connectivity index (χ1) is 6.95. The molecule has 86 valence electrons. The Labute approximate surface area is 90.3 Å². The van der Waals surface area contributed by atoms with Crippen LogP contribution in [0.25, 0.3) is 0 Å². The summed E-state index contributed by atoms with van der Waals surface area (Å²) < 4.78 is 0. The van der Waals surface area contributed by atoms with Crippen molar-refractivity contribution in [1.82, 2.24) is 4.90 Å². The molecule has 0 atom stereocenters. The van der Waals surface area contributed by atoms with Gasteiger partial charge in [-0.2, -0.15) is 0 Å². The minimum Gasteiger partial charge on any atom is -0.480 e. The first-order valence-electron chi connectivity index (χ1n) is 5.50. The maximum atomic E-state index is 12.1. The number of aliphatic carboxylic acids is 1. The van der Waals surface area contributed by atoms with Gasteiger partial charge in [0.15, 0.2) is 0 Å². The Balaban J connectivity index is 2.85. The van der Waals surface area contributed by atoms with E-state index >= 15 is 0 Å². The zero-order valence-corrected chi connectivity index (χ0v) is 9.62. The van der Waals surface area contributed by atoms with E-state index in [0.29, 0.717) is 19.4 Å². The molecule has 0 aliphatic heterocycles. The highest BCUT2D eigenvalue weighted by molar-refractivity contribution is 6.02. The monoisotopic (exact) mass is 213 g/mol. The summed E-state index contributed by atoms with van der Waals surface area (Å²) in [5.41, 5.74) is -1.11. The van der Waals surface area contributed by atoms with Crippen LogP contribution in [0.1, 0.15) is 40.0 Å². The minimum absolute atomic E-state index is 0.0688. The molecule has 0 aromatic rings. The molecule has 0 bridgehead atoms. The van der Waals surface area contributed by atoms with E-state index in [1.807, 2.05) is 20.8 Å². The highest BCUT2D eigenvalue weighted by Gasteiger charge is 2.52. The number of hydrogen-bond acceptors (Lipinski definition) is 2. The van der Waals surface area contributed by atoms with Crippen LogP contribution in [0.4, 0.5) is 0 Å². The van der Waals surface area contributed by atoms with Crippen LogP contribution in [0.2, 0.25) is 0 Å². The number of carboxylic acids is 1. The summed E-state index contributed by atoms with van der Waals surface area (Å²) in [4.78, 5) is 24.9. The fourth-order valence-electron chi connectivity index (χ4n) is 2.07. The molecule has 0 radical (unpaired) electrons. The van der Waals surface area contributed by atoms with Crippen molar-refractivity contribution in [2.75, 3.05) is 6.54 Å². The minimum atomic E-state index is -1.11. The second kappa shape index (κ2) is 4.21. The number of carboxylic acid groups (broad SMARTS) is 1. The van der Waals surface area contributed by atoms with Crippen molar-refractivity contribution < 1.29 is 14.7 Å². The molecule has 15 heavy (non-hydrogen) atoms. The number of amides is 1. The van der Waals surface area contributed by atoms with Gasteiger partial charge in [0.1, 0.15) is 5.41 Å². The van der Waals surface area contributed by atoms with Crippen molar-refractivity contribution in [1.29, 1.82) is 0 Å². The van der Waals surface area contributed by atoms with Crippen molar-refractivity contribution in [2.45, 2.75) is 46.1 Å². The lowest BCUT2D eigenvalue weighted by atomic mass is 9.67. The topological polar surface area (TPSA) is 57.6 Å². The number of rotatable bonds is 4. The van der Waals surface area contributed by atoms with E-state index < -0.39 is 11.4 Å². The SMILES string of the molecule is CCN(C(=O)C1(C(=O)O)CCC1)C(C)C. The normalized spacial score (nSPS) is 18.4. The van der Waals surface area contributed by atoms with Crippen molar-refractivity contribution in [3.63, 3.8) is 0 Å². The Morgan fingerprint density at radius 1 is 1.40 bits per heavy atom. The van der Waals surface area contributed by atoms with Crippen molar-refractivity contribution in [3.05, 3.63) is 0 Å². The molecule has 1 N–H and O–H groups in total. The Hall–Kier alpha value is -1.06. The Kier molecular flexibility index (Phi) is 3.37. The largest absolute Gasteiger partial charge is 0.480 e. The van der Waals surface area contributed by atoms with E-state index in [2.05, 4.69) is 0 Å². The van der Waals surface area contributed by atoms with Gasteiger partial charge in [0.05, 0.1) is 0 Å². The Morgan fingerprint density at radius 3 is 2.13 bits per heavy atom. The first kappa shape index (κ1) is 12.0. The maximum Gasteiger partial charge on any atom is 0.319 e. The van der Waals surface area contributed by atoms with Gasteiger partial charge in [0, 0.05) is 12.6 Å². The number of carbonyl (C=O) groups is 2. The summed E-state index contributed by atoms with van der Waals surface area (Å²) in [6.07, 6.45) is 1.82. The number of hydrogen-bond donors (Lipinski definition) is 1. The molecule has 1 aliphatic carbocycles. The quantitative estimate of drug-likeness (QED) is 0.720. The van der Waals surface area contributed by atoms with Gasteiger partial charge in [-0.15, -0.1) is 0 Å². The molecular formula is C11H19NO3. The number of carbonyl (C=O) groups excluding carboxylic acids is 1. The molecule has 0 saturated heterocycles. The molecular weight excluding hydrogens is 194 g/mol. The third-order valence-electron chi connectivity index (χ3n) is 3.25. The van der Waals surface area contributed by atoms with Gasteiger partial charge in [-0.25, -0.2) is 0 Å². The molecule has 4 nitrogen and oxygen atoms in total. The van der Waals surface area contributed by atoms with Crippen LogP contribution in [-0.4, -0.2) is 34.5 Å². The zero-order chi connectivity index (χ0) is 11.6. The second-order valence-electron chi connectivity index (χ2n) is 4.43. The fourth-order valence-corrected chi connectivity index (χ4v) is 2.07. The summed E-state index contributed by atoms with van der Waals surface area (Å²) in [6, 6.07) is 0.0688. The van der Waals surface area contributed by atoms with Crippen LogP contribution >= 0.6 is 0 Å². The third kappa shape index (κ3) is 1.85. The molecule has 0 heterocycles. The summed E-state index contributed by atoms with van der Waals surface area (Å²) in [6.45, 7) is 6.28. The Bertz CT molecular complexity index is 269. The van der Waals surface area contributed by atoms with Crippen LogP contribution in [0, 0.1) is 5.41 Å². The molecule has 1 saturated carbocycles. The number of nitrogens with zero attached hydrogens (tertiary/aromatic N) is 1. The molecule has 4 heteroatoms. The van der Waals surface area contributed by atoms with Crippen LogP contribution in [0.15, 0.2) is 0 Å². The Morgan fingerprint density at radius 2 is 1.93 bits per heavy atom. The van der Waals surface area contributed by atoms with Crippen LogP contribution < -0.4 is 0 Å². The van der Waals surface area contributed by atoms with Gasteiger partial charge < -0.3 is 10.0 Å². The lowest BCUT2D eigenvalue weighted by Crippen LogP contribution is -2.54. The lowest BCUT2D eigenvalue weighted by Gasteiger charge is -2.41. The van der Waals surface area contributed by atoms with Crippen molar-refractivity contribution in [3.8, 4) is 0 Å². The second-order valence-corrected chi connectivity index (χ2v) is 4.43. The van der Waals surface area contributed by atoms with Gasteiger partial charge in [-0.1, -0.05) is 6.42 Å². The van der Waals surface area contributed by atoms with Gasteiger partial charge in [-0.3, -0.25) is 9.59 Å². The van der Waals surface area contributed by atoms with E-state index in [9.17, 15) is 9.59 Å². The molecule has 0 aromatic heterocycles. The summed E-state index contributed by atoms with van der Waals surface area (Å²) in [5, 5.41) is 9.13. The molecule has 1 amide bonds. The van der Waals surface area contributed by atoms with Gasteiger partial charge in [0.25, 0.3) is 0 Å². The first-order valence-corrected chi connectivity index (χ1v) is 5.50. The molecule has 0 aromatic carbocycles. The van der Waals surface area contributed by atoms with Crippen LogP contribution in [-0.2, 0) is 9.59 Å². The highest BCUT2D eigenvalue weighted by atomic mass is 16.4. The predicted octanol–water partition coefficient (Wildman–Crippen LogP) is 1.50. The van der Waals surface area contributed by atoms with Crippen LogP contribution in [0.5, 0.6) is 0 Å². The van der Waals surface area contributed by atoms with Gasteiger partial charge >= 0.3 is 5.97 Å². The van der Waals surface area contributed by atoms with Gasteiger partial charge in [0.2, 0.25) is 5.91 Å². The van der Waals surface area contributed by atoms with E-state index in [1.54, 1.807) is 4.90 Å². The highest BCUT2D eigenvalue weighted by Crippen LogP contribution is 2.43. The van der Waals surface area contributed by atoms with E-state index in [1.165, 1.54) is 0 Å². The molecule has 1 rings (SSSR count). The molecule has 0 spiro atoms. The summed E-state index contributed by atoms with van der Waals surface area (Å²) in [5.74, 6) is -1.17. The van der Waals surface area contributed by atoms with E-state index in [0.717, 1.165) is 6.42 Å². The average molecular weight is 213 g/mol.